The molecule has 2 aromatic carbocycles. The molecule has 1 aliphatic heterocycles. The molecule has 4 heteroatoms. The van der Waals surface area contributed by atoms with Gasteiger partial charge in [0.2, 0.25) is 5.91 Å². The van der Waals surface area contributed by atoms with Crippen molar-refractivity contribution in [2.45, 2.75) is 25.8 Å². The largest absolute Gasteiger partial charge is 0.394 e. The number of amides is 1. The Balaban J connectivity index is 1.53. The van der Waals surface area contributed by atoms with E-state index in [-0.39, 0.29) is 18.6 Å². The number of carbonyl (C=O) groups is 1. The van der Waals surface area contributed by atoms with Crippen LogP contribution in [0.15, 0.2) is 48.5 Å². The summed E-state index contributed by atoms with van der Waals surface area (Å²) in [6, 6.07) is 16.3. The monoisotopic (exact) mass is 338 g/mol. The van der Waals surface area contributed by atoms with Crippen molar-refractivity contribution in [1.82, 2.24) is 10.2 Å². The van der Waals surface area contributed by atoms with Crippen molar-refractivity contribution < 1.29 is 9.90 Å². The number of aryl methyl sites for hydroxylation is 1. The molecular formula is C21H26N2O2. The maximum Gasteiger partial charge on any atom is 0.234 e. The standard InChI is InChI=1S/C21H26N2O2/c1-16-6-2-3-7-17(16)10-12-22-21(25)14-23-13-11-18-8-4-5-9-19(18)20(23)15-24/h2-9,20,24H,10-15H2,1H3,(H,22,25). The number of rotatable bonds is 6. The van der Waals surface area contributed by atoms with Crippen LogP contribution in [-0.4, -0.2) is 42.2 Å². The average Bonchev–Trinajstić information content (AvgIpc) is 2.63. The number of aliphatic hydroxyl groups is 1. The van der Waals surface area contributed by atoms with E-state index in [0.29, 0.717) is 13.1 Å². The number of hydrogen-bond acceptors (Lipinski definition) is 3. The summed E-state index contributed by atoms with van der Waals surface area (Å²) in [5.74, 6) is 0.0198. The van der Waals surface area contributed by atoms with Crippen molar-refractivity contribution in [3.8, 4) is 0 Å². The van der Waals surface area contributed by atoms with E-state index in [1.54, 1.807) is 0 Å². The third kappa shape index (κ3) is 4.27. The number of nitrogens with one attached hydrogen (secondary N) is 1. The number of fused-ring (bicyclic) bond motifs is 1. The number of hydrogen-bond donors (Lipinski definition) is 2. The molecule has 0 saturated heterocycles. The fourth-order valence-electron chi connectivity index (χ4n) is 3.57. The van der Waals surface area contributed by atoms with E-state index in [4.69, 9.17) is 0 Å². The third-order valence-corrected chi connectivity index (χ3v) is 5.02. The smallest absolute Gasteiger partial charge is 0.234 e. The second kappa shape index (κ2) is 8.28. The lowest BCUT2D eigenvalue weighted by atomic mass is 9.93. The Morgan fingerprint density at radius 3 is 2.76 bits per heavy atom. The van der Waals surface area contributed by atoms with E-state index in [1.807, 2.05) is 24.3 Å². The van der Waals surface area contributed by atoms with Crippen LogP contribution in [-0.2, 0) is 17.6 Å². The first-order chi connectivity index (χ1) is 12.2. The SMILES string of the molecule is Cc1ccccc1CCNC(=O)CN1CCc2ccccc2C1CO. The van der Waals surface area contributed by atoms with Gasteiger partial charge in [-0.05, 0) is 42.0 Å². The molecule has 0 spiro atoms. The molecule has 0 saturated carbocycles. The molecule has 0 fully saturated rings. The quantitative estimate of drug-likeness (QED) is 0.849. The Hall–Kier alpha value is -2.17. The van der Waals surface area contributed by atoms with Gasteiger partial charge in [-0.3, -0.25) is 9.69 Å². The van der Waals surface area contributed by atoms with Crippen LogP contribution in [0.4, 0.5) is 0 Å². The summed E-state index contributed by atoms with van der Waals surface area (Å²) in [5, 5.41) is 12.8. The minimum absolute atomic E-state index is 0.0198. The molecule has 0 bridgehead atoms. The fourth-order valence-corrected chi connectivity index (χ4v) is 3.57. The molecule has 2 N–H and O–H groups in total. The summed E-state index contributed by atoms with van der Waals surface area (Å²) in [6.45, 7) is 3.89. The van der Waals surface area contributed by atoms with Gasteiger partial charge in [-0.1, -0.05) is 48.5 Å². The summed E-state index contributed by atoms with van der Waals surface area (Å²) in [4.78, 5) is 14.4. The summed E-state index contributed by atoms with van der Waals surface area (Å²) in [7, 11) is 0. The molecule has 3 rings (SSSR count). The van der Waals surface area contributed by atoms with Crippen molar-refractivity contribution in [3.63, 3.8) is 0 Å². The van der Waals surface area contributed by atoms with Crippen LogP contribution in [0.25, 0.3) is 0 Å². The molecule has 1 unspecified atom stereocenters. The predicted molar refractivity (Wildman–Crippen MR) is 99.4 cm³/mol. The predicted octanol–water partition coefficient (Wildman–Crippen LogP) is 2.25. The average molecular weight is 338 g/mol. The maximum atomic E-state index is 12.3. The van der Waals surface area contributed by atoms with Crippen LogP contribution < -0.4 is 5.32 Å². The summed E-state index contributed by atoms with van der Waals surface area (Å²) in [6.07, 6.45) is 1.76. The normalized spacial score (nSPS) is 17.1. The summed E-state index contributed by atoms with van der Waals surface area (Å²) in [5.41, 5.74) is 4.94. The van der Waals surface area contributed by atoms with Gasteiger partial charge in [0.25, 0.3) is 0 Å². The lowest BCUT2D eigenvalue weighted by Crippen LogP contribution is -2.44. The summed E-state index contributed by atoms with van der Waals surface area (Å²) < 4.78 is 0. The zero-order chi connectivity index (χ0) is 17.6. The first kappa shape index (κ1) is 17.6. The molecule has 0 aromatic heterocycles. The highest BCUT2D eigenvalue weighted by atomic mass is 16.3. The Labute approximate surface area is 149 Å². The molecule has 1 amide bonds. The van der Waals surface area contributed by atoms with Crippen molar-refractivity contribution in [3.05, 3.63) is 70.8 Å². The molecule has 0 radical (unpaired) electrons. The van der Waals surface area contributed by atoms with Gasteiger partial charge < -0.3 is 10.4 Å². The van der Waals surface area contributed by atoms with Crippen molar-refractivity contribution in [2.75, 3.05) is 26.2 Å². The van der Waals surface area contributed by atoms with Crippen LogP contribution in [0.3, 0.4) is 0 Å². The Bertz CT molecular complexity index is 729. The molecular weight excluding hydrogens is 312 g/mol. The molecule has 25 heavy (non-hydrogen) atoms. The minimum atomic E-state index is -0.0907. The summed E-state index contributed by atoms with van der Waals surface area (Å²) >= 11 is 0. The van der Waals surface area contributed by atoms with Gasteiger partial charge in [-0.25, -0.2) is 0 Å². The number of benzene rings is 2. The second-order valence-electron chi connectivity index (χ2n) is 6.64. The Kier molecular flexibility index (Phi) is 5.84. The van der Waals surface area contributed by atoms with Crippen molar-refractivity contribution in [1.29, 1.82) is 0 Å². The van der Waals surface area contributed by atoms with Gasteiger partial charge in [0.05, 0.1) is 19.2 Å². The highest BCUT2D eigenvalue weighted by molar-refractivity contribution is 5.78. The molecule has 132 valence electrons. The highest BCUT2D eigenvalue weighted by Gasteiger charge is 2.27. The lowest BCUT2D eigenvalue weighted by molar-refractivity contribution is -0.123. The van der Waals surface area contributed by atoms with E-state index in [9.17, 15) is 9.90 Å². The zero-order valence-corrected chi connectivity index (χ0v) is 14.7. The van der Waals surface area contributed by atoms with Crippen molar-refractivity contribution >= 4 is 5.91 Å². The molecule has 4 nitrogen and oxygen atoms in total. The Morgan fingerprint density at radius 2 is 1.96 bits per heavy atom. The maximum absolute atomic E-state index is 12.3. The van der Waals surface area contributed by atoms with Crippen LogP contribution >= 0.6 is 0 Å². The van der Waals surface area contributed by atoms with Gasteiger partial charge in [-0.2, -0.15) is 0 Å². The van der Waals surface area contributed by atoms with Crippen molar-refractivity contribution in [2.24, 2.45) is 0 Å². The Morgan fingerprint density at radius 1 is 1.20 bits per heavy atom. The van der Waals surface area contributed by atoms with Crippen LogP contribution in [0, 0.1) is 6.92 Å². The second-order valence-corrected chi connectivity index (χ2v) is 6.64. The van der Waals surface area contributed by atoms with Gasteiger partial charge in [0.15, 0.2) is 0 Å². The van der Waals surface area contributed by atoms with E-state index in [0.717, 1.165) is 24.9 Å². The number of carbonyl (C=O) groups excluding carboxylic acids is 1. The van der Waals surface area contributed by atoms with E-state index >= 15 is 0 Å². The highest BCUT2D eigenvalue weighted by Crippen LogP contribution is 2.28. The molecule has 2 aromatic rings. The van der Waals surface area contributed by atoms with Crippen LogP contribution in [0.1, 0.15) is 28.3 Å². The van der Waals surface area contributed by atoms with E-state index in [1.165, 1.54) is 16.7 Å². The fraction of sp³-hybridized carbons (Fsp3) is 0.381. The van der Waals surface area contributed by atoms with Gasteiger partial charge in [0.1, 0.15) is 0 Å². The van der Waals surface area contributed by atoms with E-state index < -0.39 is 0 Å². The lowest BCUT2D eigenvalue weighted by Gasteiger charge is -2.35. The zero-order valence-electron chi connectivity index (χ0n) is 14.7. The minimum Gasteiger partial charge on any atom is -0.394 e. The van der Waals surface area contributed by atoms with Crippen LogP contribution in [0.5, 0.6) is 0 Å². The van der Waals surface area contributed by atoms with Gasteiger partial charge in [-0.15, -0.1) is 0 Å². The van der Waals surface area contributed by atoms with Gasteiger partial charge >= 0.3 is 0 Å². The van der Waals surface area contributed by atoms with Crippen LogP contribution in [0.2, 0.25) is 0 Å². The molecule has 1 aliphatic rings. The number of nitrogens with zero attached hydrogens (tertiary/aromatic N) is 1. The number of aliphatic hydroxyl groups excluding tert-OH is 1. The first-order valence-corrected chi connectivity index (χ1v) is 8.93. The van der Waals surface area contributed by atoms with E-state index in [2.05, 4.69) is 41.4 Å². The molecule has 0 aliphatic carbocycles. The van der Waals surface area contributed by atoms with Gasteiger partial charge in [0, 0.05) is 13.1 Å². The molecule has 1 atom stereocenters. The third-order valence-electron chi connectivity index (χ3n) is 5.02. The molecule has 1 heterocycles. The topological polar surface area (TPSA) is 52.6 Å². The first-order valence-electron chi connectivity index (χ1n) is 8.93.